The lowest BCUT2D eigenvalue weighted by Crippen LogP contribution is -2.10. The summed E-state index contributed by atoms with van der Waals surface area (Å²) in [7, 11) is 0. The van der Waals surface area contributed by atoms with Crippen molar-refractivity contribution >= 4 is 0 Å². The fourth-order valence-electron chi connectivity index (χ4n) is 1.80. The summed E-state index contributed by atoms with van der Waals surface area (Å²) in [6.45, 7) is 8.62. The predicted molar refractivity (Wildman–Crippen MR) is 73.8 cm³/mol. The van der Waals surface area contributed by atoms with Crippen LogP contribution in [0.4, 0.5) is 0 Å². The molecule has 0 spiro atoms. The summed E-state index contributed by atoms with van der Waals surface area (Å²) in [6, 6.07) is 9.88. The maximum atomic E-state index is 10.3. The minimum Gasteiger partial charge on any atom is -0.388 e. The molecule has 1 heteroatoms. The predicted octanol–water partition coefficient (Wildman–Crippen LogP) is 4.35. The molecular formula is C16H24O. The van der Waals surface area contributed by atoms with Crippen LogP contribution >= 0.6 is 0 Å². The lowest BCUT2D eigenvalue weighted by atomic mass is 9.90. The zero-order valence-corrected chi connectivity index (χ0v) is 11.4. The molecule has 0 saturated carbocycles. The van der Waals surface area contributed by atoms with Crippen LogP contribution in [0, 0.1) is 11.8 Å². The summed E-state index contributed by atoms with van der Waals surface area (Å²) in [4.78, 5) is 0. The van der Waals surface area contributed by atoms with E-state index < -0.39 is 6.10 Å². The molecule has 0 bridgehead atoms. The lowest BCUT2D eigenvalue weighted by molar-refractivity contribution is 0.134. The van der Waals surface area contributed by atoms with Crippen LogP contribution in [-0.4, -0.2) is 5.11 Å². The number of aliphatic hydroxyl groups excluding tert-OH is 1. The molecular weight excluding hydrogens is 208 g/mol. The molecule has 1 aromatic carbocycles. The molecule has 1 N–H and O–H groups in total. The molecule has 0 amide bonds. The van der Waals surface area contributed by atoms with Gasteiger partial charge >= 0.3 is 0 Å². The molecule has 1 aromatic rings. The number of benzene rings is 1. The van der Waals surface area contributed by atoms with Crippen molar-refractivity contribution in [3.05, 3.63) is 47.5 Å². The molecule has 17 heavy (non-hydrogen) atoms. The highest BCUT2D eigenvalue weighted by atomic mass is 16.3. The molecule has 1 nitrogen and oxygen atoms in total. The summed E-state index contributed by atoms with van der Waals surface area (Å²) < 4.78 is 0. The SMILES string of the molecule is C/C(=C/CC(C)C)[C@@H](C)[C@@H](O)c1ccccc1. The maximum absolute atomic E-state index is 10.3. The highest BCUT2D eigenvalue weighted by Gasteiger charge is 2.17. The molecule has 94 valence electrons. The molecule has 0 unspecified atom stereocenters. The first-order valence-electron chi connectivity index (χ1n) is 6.42. The third-order valence-electron chi connectivity index (χ3n) is 3.24. The molecule has 0 aliphatic heterocycles. The van der Waals surface area contributed by atoms with Crippen molar-refractivity contribution in [3.63, 3.8) is 0 Å². The summed E-state index contributed by atoms with van der Waals surface area (Å²) in [6.07, 6.45) is 2.93. The largest absolute Gasteiger partial charge is 0.388 e. The molecule has 0 aliphatic carbocycles. The Bertz CT molecular complexity index is 351. The fourth-order valence-corrected chi connectivity index (χ4v) is 1.80. The van der Waals surface area contributed by atoms with Crippen LogP contribution in [0.3, 0.4) is 0 Å². The van der Waals surface area contributed by atoms with Crippen LogP contribution in [0.5, 0.6) is 0 Å². The van der Waals surface area contributed by atoms with Gasteiger partial charge in [-0.15, -0.1) is 0 Å². The van der Waals surface area contributed by atoms with Gasteiger partial charge in [-0.3, -0.25) is 0 Å². The van der Waals surface area contributed by atoms with Gasteiger partial charge in [0.1, 0.15) is 0 Å². The van der Waals surface area contributed by atoms with Gasteiger partial charge < -0.3 is 5.11 Å². The summed E-state index contributed by atoms with van der Waals surface area (Å²) in [5.74, 6) is 0.849. The highest BCUT2D eigenvalue weighted by Crippen LogP contribution is 2.27. The first-order chi connectivity index (χ1) is 8.02. The molecule has 1 rings (SSSR count). The summed E-state index contributed by atoms with van der Waals surface area (Å²) >= 11 is 0. The number of allylic oxidation sites excluding steroid dienone is 1. The van der Waals surface area contributed by atoms with Crippen molar-refractivity contribution in [1.29, 1.82) is 0 Å². The van der Waals surface area contributed by atoms with Gasteiger partial charge in [-0.05, 0) is 24.8 Å². The normalized spacial score (nSPS) is 16.0. The van der Waals surface area contributed by atoms with E-state index in [1.165, 1.54) is 5.57 Å². The topological polar surface area (TPSA) is 20.2 Å². The van der Waals surface area contributed by atoms with Gasteiger partial charge in [-0.25, -0.2) is 0 Å². The van der Waals surface area contributed by atoms with Crippen molar-refractivity contribution in [1.82, 2.24) is 0 Å². The van der Waals surface area contributed by atoms with E-state index in [1.807, 2.05) is 30.3 Å². The first kappa shape index (κ1) is 14.0. The van der Waals surface area contributed by atoms with Gasteiger partial charge in [0.25, 0.3) is 0 Å². The second-order valence-corrected chi connectivity index (χ2v) is 5.22. The van der Waals surface area contributed by atoms with E-state index in [1.54, 1.807) is 0 Å². The minimum absolute atomic E-state index is 0.177. The third-order valence-corrected chi connectivity index (χ3v) is 3.24. The first-order valence-corrected chi connectivity index (χ1v) is 6.42. The molecule has 2 atom stereocenters. The van der Waals surface area contributed by atoms with Crippen molar-refractivity contribution < 1.29 is 5.11 Å². The van der Waals surface area contributed by atoms with E-state index in [9.17, 15) is 5.11 Å². The monoisotopic (exact) mass is 232 g/mol. The fraction of sp³-hybridized carbons (Fsp3) is 0.500. The van der Waals surface area contributed by atoms with E-state index in [2.05, 4.69) is 33.8 Å². The zero-order chi connectivity index (χ0) is 12.8. The van der Waals surface area contributed by atoms with E-state index in [0.29, 0.717) is 5.92 Å². The summed E-state index contributed by atoms with van der Waals surface area (Å²) in [5.41, 5.74) is 2.27. The van der Waals surface area contributed by atoms with Crippen molar-refractivity contribution in [2.75, 3.05) is 0 Å². The van der Waals surface area contributed by atoms with E-state index >= 15 is 0 Å². The Balaban J connectivity index is 2.69. The molecule has 0 aliphatic rings. The number of aliphatic hydroxyl groups is 1. The van der Waals surface area contributed by atoms with Gasteiger partial charge in [0.05, 0.1) is 6.10 Å². The average molecular weight is 232 g/mol. The van der Waals surface area contributed by atoms with Crippen LogP contribution in [0.25, 0.3) is 0 Å². The third kappa shape index (κ3) is 4.35. The van der Waals surface area contributed by atoms with Gasteiger partial charge in [0.15, 0.2) is 0 Å². The molecule has 0 radical (unpaired) electrons. The van der Waals surface area contributed by atoms with Crippen LogP contribution in [-0.2, 0) is 0 Å². The van der Waals surface area contributed by atoms with Crippen LogP contribution in [0.15, 0.2) is 42.0 Å². The Labute approximate surface area is 105 Å². The standard InChI is InChI=1S/C16H24O/c1-12(2)10-11-13(3)14(4)16(17)15-8-6-5-7-9-15/h5-9,11-12,14,16-17H,10H2,1-4H3/b13-11-/t14-,16-/m1/s1. The lowest BCUT2D eigenvalue weighted by Gasteiger charge is -2.20. The van der Waals surface area contributed by atoms with Gasteiger partial charge in [0, 0.05) is 5.92 Å². The Morgan fingerprint density at radius 2 is 1.76 bits per heavy atom. The van der Waals surface area contributed by atoms with E-state index in [-0.39, 0.29) is 5.92 Å². The molecule has 0 aromatic heterocycles. The van der Waals surface area contributed by atoms with Crippen molar-refractivity contribution in [3.8, 4) is 0 Å². The molecule has 0 saturated heterocycles. The zero-order valence-electron chi connectivity index (χ0n) is 11.4. The average Bonchev–Trinajstić information content (AvgIpc) is 2.35. The smallest absolute Gasteiger partial charge is 0.0852 e. The number of rotatable bonds is 5. The Kier molecular flexibility index (Phi) is 5.43. The van der Waals surface area contributed by atoms with Crippen LogP contribution in [0.2, 0.25) is 0 Å². The number of hydrogen-bond donors (Lipinski definition) is 1. The van der Waals surface area contributed by atoms with Crippen LogP contribution in [0.1, 0.15) is 45.8 Å². The van der Waals surface area contributed by atoms with Crippen molar-refractivity contribution in [2.24, 2.45) is 11.8 Å². The van der Waals surface area contributed by atoms with Gasteiger partial charge in [0.2, 0.25) is 0 Å². The number of hydrogen-bond acceptors (Lipinski definition) is 1. The van der Waals surface area contributed by atoms with Gasteiger partial charge in [-0.2, -0.15) is 0 Å². The molecule has 0 heterocycles. The minimum atomic E-state index is -0.403. The Morgan fingerprint density at radius 1 is 1.18 bits per heavy atom. The quantitative estimate of drug-likeness (QED) is 0.748. The van der Waals surface area contributed by atoms with Crippen molar-refractivity contribution in [2.45, 2.75) is 40.2 Å². The van der Waals surface area contributed by atoms with Crippen LogP contribution < -0.4 is 0 Å². The molecule has 0 fully saturated rings. The summed E-state index contributed by atoms with van der Waals surface area (Å²) in [5, 5.41) is 10.3. The highest BCUT2D eigenvalue weighted by molar-refractivity contribution is 5.20. The Morgan fingerprint density at radius 3 is 2.29 bits per heavy atom. The second kappa shape index (κ2) is 6.61. The van der Waals surface area contributed by atoms with E-state index in [4.69, 9.17) is 0 Å². The van der Waals surface area contributed by atoms with Gasteiger partial charge in [-0.1, -0.05) is 62.8 Å². The Hall–Kier alpha value is -1.08. The second-order valence-electron chi connectivity index (χ2n) is 5.22. The van der Waals surface area contributed by atoms with E-state index in [0.717, 1.165) is 12.0 Å². The maximum Gasteiger partial charge on any atom is 0.0852 e.